The van der Waals surface area contributed by atoms with Gasteiger partial charge in [0.2, 0.25) is 0 Å². The number of nitrogens with one attached hydrogen (secondary N) is 1. The SMILES string of the molecule is CC(C)(c1ccccc1)c1ccc(N)cc1.CC(C)(c1ccccc1)c1ccc(Nc2csc3c2C(C)(C)c2ccccc2-3)cc1.CC1(C)c2ccccc2-c2scc(Br)c21. The predicted molar refractivity (Wildman–Crippen MR) is 269 cm³/mol. The molecule has 0 spiro atoms. The van der Waals surface area contributed by atoms with Gasteiger partial charge in [0.1, 0.15) is 0 Å². The zero-order valence-electron chi connectivity index (χ0n) is 36.4. The number of nitrogen functional groups attached to an aromatic ring is 1. The van der Waals surface area contributed by atoms with Gasteiger partial charge >= 0.3 is 0 Å². The minimum absolute atomic E-state index is 0.0174. The van der Waals surface area contributed by atoms with Gasteiger partial charge in [-0.25, -0.2) is 0 Å². The Balaban J connectivity index is 0.000000139. The first-order valence-electron chi connectivity index (χ1n) is 21.1. The fourth-order valence-corrected chi connectivity index (χ4v) is 12.6. The van der Waals surface area contributed by atoms with Crippen molar-refractivity contribution in [3.05, 3.63) is 217 Å². The Morgan fingerprint density at radius 3 is 1.38 bits per heavy atom. The summed E-state index contributed by atoms with van der Waals surface area (Å²) in [4.78, 5) is 2.84. The Kier molecular flexibility index (Phi) is 11.6. The molecule has 0 radical (unpaired) electrons. The van der Waals surface area contributed by atoms with E-state index in [2.05, 4.69) is 227 Å². The van der Waals surface area contributed by atoms with Crippen molar-refractivity contribution < 1.29 is 0 Å². The van der Waals surface area contributed by atoms with Crippen LogP contribution >= 0.6 is 38.6 Å². The van der Waals surface area contributed by atoms with Gasteiger partial charge in [0, 0.05) is 63.6 Å². The van der Waals surface area contributed by atoms with Crippen LogP contribution in [0.25, 0.3) is 20.9 Å². The Labute approximate surface area is 379 Å². The first-order chi connectivity index (χ1) is 29.1. The lowest BCUT2D eigenvalue weighted by molar-refractivity contribution is 0.641. The van der Waals surface area contributed by atoms with Crippen LogP contribution in [-0.4, -0.2) is 0 Å². The van der Waals surface area contributed by atoms with Gasteiger partial charge in [-0.05, 0) is 90.3 Å². The van der Waals surface area contributed by atoms with Crippen LogP contribution in [0.1, 0.15) is 99.9 Å². The van der Waals surface area contributed by atoms with E-state index >= 15 is 0 Å². The van der Waals surface area contributed by atoms with Crippen LogP contribution in [0, 0.1) is 0 Å². The molecule has 0 saturated heterocycles. The average Bonchev–Trinajstić information content (AvgIpc) is 4.00. The summed E-state index contributed by atoms with van der Waals surface area (Å²) in [6.07, 6.45) is 0. The van der Waals surface area contributed by atoms with E-state index in [9.17, 15) is 0 Å². The molecule has 308 valence electrons. The second kappa shape index (κ2) is 16.6. The molecule has 0 atom stereocenters. The molecule has 3 N–H and O–H groups in total. The lowest BCUT2D eigenvalue weighted by Gasteiger charge is -2.26. The lowest BCUT2D eigenvalue weighted by atomic mass is 9.78. The third kappa shape index (κ3) is 7.93. The second-order valence-electron chi connectivity index (χ2n) is 18.3. The standard InChI is InChI=1S/C28H27NS.C15H17N.C13H11BrS/c1-27(2,19-10-6-5-7-11-19)20-14-16-21(17-15-20)29-24-18-30-26-22-12-8-9-13-23(22)28(3,4)25(24)26;1-15(2,12-6-4-3-5-7-12)13-8-10-14(16)11-9-13;1-13(2)9-6-4-3-5-8(9)12-11(13)10(14)7-15-12/h5-18,29H,1-4H3;3-11H,16H2,1-2H3;3-7H,1-2H3. The zero-order valence-corrected chi connectivity index (χ0v) is 39.7. The Morgan fingerprint density at radius 1 is 0.475 bits per heavy atom. The summed E-state index contributed by atoms with van der Waals surface area (Å²) < 4.78 is 1.25. The maximum absolute atomic E-state index is 5.71. The Bertz CT molecular complexity index is 2770. The van der Waals surface area contributed by atoms with Gasteiger partial charge in [0.05, 0.1) is 5.69 Å². The maximum Gasteiger partial charge on any atom is 0.0541 e. The normalized spacial score (nSPS) is 14.0. The van der Waals surface area contributed by atoms with Gasteiger partial charge in [-0.3, -0.25) is 0 Å². The van der Waals surface area contributed by atoms with E-state index in [1.54, 1.807) is 0 Å². The van der Waals surface area contributed by atoms with E-state index in [-0.39, 0.29) is 21.7 Å². The van der Waals surface area contributed by atoms with Crippen molar-refractivity contribution in [3.8, 4) is 20.9 Å². The third-order valence-electron chi connectivity index (χ3n) is 13.0. The highest BCUT2D eigenvalue weighted by Crippen LogP contribution is 2.56. The molecule has 61 heavy (non-hydrogen) atoms. The number of thiophene rings is 2. The first-order valence-corrected chi connectivity index (χ1v) is 23.6. The fraction of sp³-hybridized carbons (Fsp3) is 0.214. The summed E-state index contributed by atoms with van der Waals surface area (Å²) in [6, 6.07) is 55.8. The monoisotopic (exact) mass is 898 g/mol. The average molecular weight is 900 g/mol. The first kappa shape index (κ1) is 42.5. The topological polar surface area (TPSA) is 38.0 Å². The summed E-state index contributed by atoms with van der Waals surface area (Å²) in [7, 11) is 0. The summed E-state index contributed by atoms with van der Waals surface area (Å²) in [5, 5.41) is 8.17. The number of halogens is 1. The van der Waals surface area contributed by atoms with Gasteiger partial charge in [-0.15, -0.1) is 22.7 Å². The van der Waals surface area contributed by atoms with Crippen LogP contribution in [-0.2, 0) is 21.7 Å². The van der Waals surface area contributed by atoms with Crippen molar-refractivity contribution in [3.63, 3.8) is 0 Å². The van der Waals surface area contributed by atoms with Crippen LogP contribution in [0.2, 0.25) is 0 Å². The Hall–Kier alpha value is -5.20. The molecule has 8 aromatic rings. The van der Waals surface area contributed by atoms with E-state index in [4.69, 9.17) is 5.73 Å². The molecule has 0 bridgehead atoms. The molecular formula is C56H55BrN2S2. The van der Waals surface area contributed by atoms with E-state index in [0.29, 0.717) is 0 Å². The van der Waals surface area contributed by atoms with Crippen LogP contribution in [0.15, 0.2) is 173 Å². The minimum atomic E-state index is -0.0208. The third-order valence-corrected chi connectivity index (χ3v) is 15.9. The van der Waals surface area contributed by atoms with Crippen molar-refractivity contribution >= 4 is 55.7 Å². The van der Waals surface area contributed by atoms with Gasteiger partial charge in [0.25, 0.3) is 0 Å². The highest BCUT2D eigenvalue weighted by Gasteiger charge is 2.39. The fourth-order valence-electron chi connectivity index (χ4n) is 9.18. The number of hydrogen-bond donors (Lipinski definition) is 2. The molecule has 0 saturated carbocycles. The van der Waals surface area contributed by atoms with Crippen LogP contribution in [0.3, 0.4) is 0 Å². The van der Waals surface area contributed by atoms with Gasteiger partial charge in [0.15, 0.2) is 0 Å². The predicted octanol–water partition coefficient (Wildman–Crippen LogP) is 16.5. The van der Waals surface area contributed by atoms with Crippen molar-refractivity contribution in [1.82, 2.24) is 0 Å². The Morgan fingerprint density at radius 2 is 0.869 bits per heavy atom. The highest BCUT2D eigenvalue weighted by molar-refractivity contribution is 9.10. The lowest BCUT2D eigenvalue weighted by Crippen LogP contribution is -2.18. The smallest absolute Gasteiger partial charge is 0.0541 e. The highest BCUT2D eigenvalue weighted by atomic mass is 79.9. The quantitative estimate of drug-likeness (QED) is 0.163. The zero-order chi connectivity index (χ0) is 43.2. The number of rotatable bonds is 6. The molecular weight excluding hydrogens is 845 g/mol. The summed E-state index contributed by atoms with van der Waals surface area (Å²) in [6.45, 7) is 18.3. The number of anilines is 3. The number of fused-ring (bicyclic) bond motifs is 6. The molecule has 2 heterocycles. The molecule has 0 unspecified atom stereocenters. The van der Waals surface area contributed by atoms with Crippen LogP contribution in [0.4, 0.5) is 17.1 Å². The molecule has 0 aliphatic heterocycles. The van der Waals surface area contributed by atoms with E-state index in [0.717, 1.165) is 11.4 Å². The van der Waals surface area contributed by atoms with Crippen LogP contribution in [0.5, 0.6) is 0 Å². The number of hydrogen-bond acceptors (Lipinski definition) is 4. The summed E-state index contributed by atoms with van der Waals surface area (Å²) >= 11 is 7.34. The van der Waals surface area contributed by atoms with E-state index in [1.165, 1.54) is 75.5 Å². The molecule has 2 nitrogen and oxygen atoms in total. The summed E-state index contributed by atoms with van der Waals surface area (Å²) in [5.74, 6) is 0. The van der Waals surface area contributed by atoms with E-state index in [1.807, 2.05) is 40.9 Å². The molecule has 2 aromatic heterocycles. The van der Waals surface area contributed by atoms with Gasteiger partial charge < -0.3 is 11.1 Å². The molecule has 6 aromatic carbocycles. The van der Waals surface area contributed by atoms with Crippen LogP contribution < -0.4 is 11.1 Å². The van der Waals surface area contributed by atoms with Crippen molar-refractivity contribution in [2.75, 3.05) is 11.1 Å². The van der Waals surface area contributed by atoms with E-state index < -0.39 is 0 Å². The minimum Gasteiger partial charge on any atom is -0.399 e. The second-order valence-corrected chi connectivity index (χ2v) is 20.9. The number of nitrogens with two attached hydrogens (primary N) is 1. The molecule has 2 aliphatic carbocycles. The van der Waals surface area contributed by atoms with Gasteiger partial charge in [-0.1, -0.05) is 189 Å². The molecule has 0 fully saturated rings. The van der Waals surface area contributed by atoms with Crippen molar-refractivity contribution in [2.24, 2.45) is 0 Å². The summed E-state index contributed by atoms with van der Waals surface area (Å²) in [5.41, 5.74) is 22.9. The van der Waals surface area contributed by atoms with Crippen molar-refractivity contribution in [1.29, 1.82) is 0 Å². The molecule has 2 aliphatic rings. The van der Waals surface area contributed by atoms with Gasteiger partial charge in [-0.2, -0.15) is 0 Å². The molecule has 5 heteroatoms. The molecule has 10 rings (SSSR count). The number of benzene rings is 6. The molecule has 0 amide bonds. The largest absolute Gasteiger partial charge is 0.399 e. The maximum atomic E-state index is 5.71. The van der Waals surface area contributed by atoms with Crippen molar-refractivity contribution in [2.45, 2.75) is 77.0 Å².